The molecule has 0 unspecified atom stereocenters. The van der Waals surface area contributed by atoms with Gasteiger partial charge in [0.2, 0.25) is 5.95 Å². The lowest BCUT2D eigenvalue weighted by Crippen LogP contribution is -2.44. The number of hydrogen-bond acceptors (Lipinski definition) is 8. The Morgan fingerprint density at radius 2 is 1.90 bits per heavy atom. The number of halogens is 1. The van der Waals surface area contributed by atoms with Crippen molar-refractivity contribution in [3.8, 4) is 23.1 Å². The standard InChI is InChI=1S/C29H28FN7O2/c1-36-10-12-37(13-11-36)19-3-5-24(39-28(17-31)6-7-28)23(15-19)33-27-32-16-22(30)25(34-27)18-2-4-21-20(14-18)26(38)35-29(21)8-9-29/h2-5,14-16H,6-13H2,1H3,(H,35,38)(H,32,33,34). The number of hydrogen-bond donors (Lipinski definition) is 2. The van der Waals surface area contributed by atoms with Crippen molar-refractivity contribution >= 4 is 23.2 Å². The summed E-state index contributed by atoms with van der Waals surface area (Å²) in [7, 11) is 2.11. The van der Waals surface area contributed by atoms with Crippen LogP contribution in [-0.2, 0) is 5.54 Å². The first-order valence-corrected chi connectivity index (χ1v) is 13.3. The van der Waals surface area contributed by atoms with E-state index < -0.39 is 11.4 Å². The van der Waals surface area contributed by atoms with Crippen LogP contribution < -0.4 is 20.3 Å². The topological polar surface area (TPSA) is 106 Å². The van der Waals surface area contributed by atoms with Gasteiger partial charge in [0.15, 0.2) is 11.4 Å². The van der Waals surface area contributed by atoms with E-state index in [0.29, 0.717) is 35.4 Å². The number of carbonyl (C=O) groups excluding carboxylic acids is 1. The minimum Gasteiger partial charge on any atom is -0.470 e. The number of amides is 1. The molecule has 2 aliphatic heterocycles. The number of fused-ring (bicyclic) bond motifs is 2. The zero-order valence-electron chi connectivity index (χ0n) is 21.6. The molecule has 7 rings (SSSR count). The molecule has 39 heavy (non-hydrogen) atoms. The number of anilines is 3. The van der Waals surface area contributed by atoms with Crippen LogP contribution in [-0.4, -0.2) is 59.6 Å². The van der Waals surface area contributed by atoms with Gasteiger partial charge >= 0.3 is 0 Å². The number of benzene rings is 2. The van der Waals surface area contributed by atoms with Crippen molar-refractivity contribution in [3.05, 3.63) is 59.5 Å². The summed E-state index contributed by atoms with van der Waals surface area (Å²) < 4.78 is 21.1. The average Bonchev–Trinajstić information content (AvgIpc) is 3.87. The molecule has 2 N–H and O–H groups in total. The van der Waals surface area contributed by atoms with Gasteiger partial charge < -0.3 is 25.2 Å². The Bertz CT molecular complexity index is 1540. The van der Waals surface area contributed by atoms with Crippen molar-refractivity contribution in [2.45, 2.75) is 36.8 Å². The van der Waals surface area contributed by atoms with Crippen LogP contribution in [0.4, 0.5) is 21.7 Å². The molecule has 1 spiro atoms. The number of nitriles is 1. The van der Waals surface area contributed by atoms with Gasteiger partial charge in [-0.05, 0) is 49.7 Å². The van der Waals surface area contributed by atoms with E-state index in [1.165, 1.54) is 0 Å². The van der Waals surface area contributed by atoms with Gasteiger partial charge in [-0.15, -0.1) is 0 Å². The second-order valence-electron chi connectivity index (χ2n) is 11.0. The van der Waals surface area contributed by atoms with Crippen molar-refractivity contribution in [2.75, 3.05) is 43.4 Å². The number of nitrogens with zero attached hydrogens (tertiary/aromatic N) is 5. The van der Waals surface area contributed by atoms with Crippen molar-refractivity contribution < 1.29 is 13.9 Å². The number of carbonyl (C=O) groups is 1. The fraction of sp³-hybridized carbons (Fsp3) is 0.379. The Balaban J connectivity index is 1.22. The fourth-order valence-corrected chi connectivity index (χ4v) is 5.44. The molecular weight excluding hydrogens is 497 g/mol. The summed E-state index contributed by atoms with van der Waals surface area (Å²) in [4.78, 5) is 25.8. The third-order valence-corrected chi connectivity index (χ3v) is 8.19. The largest absolute Gasteiger partial charge is 0.470 e. The monoisotopic (exact) mass is 525 g/mol. The van der Waals surface area contributed by atoms with Crippen molar-refractivity contribution in [2.24, 2.45) is 0 Å². The molecule has 9 nitrogen and oxygen atoms in total. The molecule has 2 aromatic carbocycles. The third kappa shape index (κ3) is 4.23. The molecule has 3 heterocycles. The van der Waals surface area contributed by atoms with Gasteiger partial charge in [0.25, 0.3) is 5.91 Å². The van der Waals surface area contributed by atoms with E-state index >= 15 is 0 Å². The molecule has 10 heteroatoms. The summed E-state index contributed by atoms with van der Waals surface area (Å²) in [5.41, 5.74) is 2.72. The van der Waals surface area contributed by atoms with Gasteiger partial charge in [-0.1, -0.05) is 12.1 Å². The van der Waals surface area contributed by atoms with E-state index in [0.717, 1.165) is 56.5 Å². The van der Waals surface area contributed by atoms with Gasteiger partial charge in [-0.2, -0.15) is 5.26 Å². The number of likely N-dealkylation sites (N-methyl/N-ethyl adjacent to an activating group) is 1. The van der Waals surface area contributed by atoms with Gasteiger partial charge in [0.1, 0.15) is 17.5 Å². The number of rotatable bonds is 6. The first-order valence-electron chi connectivity index (χ1n) is 13.3. The molecule has 0 radical (unpaired) electrons. The molecule has 0 bridgehead atoms. The summed E-state index contributed by atoms with van der Waals surface area (Å²) in [5, 5.41) is 15.9. The third-order valence-electron chi connectivity index (χ3n) is 8.19. The highest BCUT2D eigenvalue weighted by molar-refractivity contribution is 6.01. The highest BCUT2D eigenvalue weighted by Gasteiger charge is 2.52. The Kier molecular flexibility index (Phi) is 5.29. The van der Waals surface area contributed by atoms with E-state index in [9.17, 15) is 14.4 Å². The van der Waals surface area contributed by atoms with Crippen LogP contribution in [0.5, 0.6) is 5.75 Å². The number of nitrogens with one attached hydrogen (secondary N) is 2. The zero-order chi connectivity index (χ0) is 26.8. The Labute approximate surface area is 225 Å². The summed E-state index contributed by atoms with van der Waals surface area (Å²) in [5.74, 6) is -0.00202. The van der Waals surface area contributed by atoms with Gasteiger partial charge in [-0.3, -0.25) is 4.79 Å². The fourth-order valence-electron chi connectivity index (χ4n) is 5.44. The molecule has 3 fully saturated rings. The molecule has 198 valence electrons. The summed E-state index contributed by atoms with van der Waals surface area (Å²) in [6.45, 7) is 3.71. The minimum absolute atomic E-state index is 0.105. The molecule has 1 amide bonds. The lowest BCUT2D eigenvalue weighted by atomic mass is 9.99. The van der Waals surface area contributed by atoms with Crippen LogP contribution in [0.1, 0.15) is 41.6 Å². The minimum atomic E-state index is -0.815. The molecule has 3 aromatic rings. The van der Waals surface area contributed by atoms with E-state index in [4.69, 9.17) is 4.74 Å². The van der Waals surface area contributed by atoms with E-state index in [2.05, 4.69) is 43.5 Å². The van der Waals surface area contributed by atoms with Crippen LogP contribution >= 0.6 is 0 Å². The second-order valence-corrected chi connectivity index (χ2v) is 11.0. The van der Waals surface area contributed by atoms with Crippen molar-refractivity contribution in [1.29, 1.82) is 5.26 Å². The number of ether oxygens (including phenoxy) is 1. The van der Waals surface area contributed by atoms with E-state index in [1.807, 2.05) is 24.3 Å². The van der Waals surface area contributed by atoms with Crippen LogP contribution in [0.3, 0.4) is 0 Å². The predicted octanol–water partition coefficient (Wildman–Crippen LogP) is 3.95. The number of piperazine rings is 1. The van der Waals surface area contributed by atoms with Crippen molar-refractivity contribution in [1.82, 2.24) is 20.2 Å². The zero-order valence-corrected chi connectivity index (χ0v) is 21.6. The quantitative estimate of drug-likeness (QED) is 0.499. The maximum absolute atomic E-state index is 15.0. The van der Waals surface area contributed by atoms with Crippen molar-refractivity contribution in [3.63, 3.8) is 0 Å². The molecule has 2 aliphatic carbocycles. The number of aromatic nitrogens is 2. The predicted molar refractivity (Wildman–Crippen MR) is 143 cm³/mol. The Morgan fingerprint density at radius 1 is 1.10 bits per heavy atom. The SMILES string of the molecule is CN1CCN(c2ccc(OC3(C#N)CC3)c(Nc3ncc(F)c(-c4ccc5c(c4)C(=O)NC54CC4)n3)c2)CC1. The van der Waals surface area contributed by atoms with Crippen LogP contribution in [0, 0.1) is 17.1 Å². The molecule has 1 saturated heterocycles. The molecule has 1 aromatic heterocycles. The lowest BCUT2D eigenvalue weighted by molar-refractivity contribution is 0.0952. The highest BCUT2D eigenvalue weighted by Crippen LogP contribution is 2.51. The van der Waals surface area contributed by atoms with Crippen LogP contribution in [0.25, 0.3) is 11.3 Å². The highest BCUT2D eigenvalue weighted by atomic mass is 19.1. The van der Waals surface area contributed by atoms with E-state index in [-0.39, 0.29) is 23.1 Å². The summed E-state index contributed by atoms with van der Waals surface area (Å²) in [6, 6.07) is 13.5. The maximum atomic E-state index is 15.0. The molecule has 4 aliphatic rings. The van der Waals surface area contributed by atoms with Crippen LogP contribution in [0.15, 0.2) is 42.6 Å². The first kappa shape index (κ1) is 23.9. The van der Waals surface area contributed by atoms with Gasteiger partial charge in [0, 0.05) is 55.8 Å². The van der Waals surface area contributed by atoms with Crippen LogP contribution in [0.2, 0.25) is 0 Å². The molecular formula is C29H28FN7O2. The smallest absolute Gasteiger partial charge is 0.252 e. The average molecular weight is 526 g/mol. The summed E-state index contributed by atoms with van der Waals surface area (Å²) >= 11 is 0. The Hall–Kier alpha value is -4.23. The normalized spacial score (nSPS) is 20.2. The van der Waals surface area contributed by atoms with Gasteiger partial charge in [0.05, 0.1) is 17.4 Å². The van der Waals surface area contributed by atoms with E-state index in [1.54, 1.807) is 12.1 Å². The molecule has 2 saturated carbocycles. The first-order chi connectivity index (χ1) is 18.9. The molecule has 0 atom stereocenters. The van der Waals surface area contributed by atoms with Gasteiger partial charge in [-0.25, -0.2) is 14.4 Å². The Morgan fingerprint density at radius 3 is 2.62 bits per heavy atom. The lowest BCUT2D eigenvalue weighted by Gasteiger charge is -2.34. The summed E-state index contributed by atoms with van der Waals surface area (Å²) in [6.07, 6.45) is 4.32. The maximum Gasteiger partial charge on any atom is 0.252 e. The second kappa shape index (κ2) is 8.64.